The molecule has 0 saturated carbocycles. The summed E-state index contributed by atoms with van der Waals surface area (Å²) >= 11 is 0. The molecule has 1 N–H and O–H groups in total. The largest absolute Gasteiger partial charge is 0.353 e. The van der Waals surface area contributed by atoms with Gasteiger partial charge in [-0.15, -0.1) is 0 Å². The van der Waals surface area contributed by atoms with Crippen molar-refractivity contribution in [3.05, 3.63) is 65.4 Å². The van der Waals surface area contributed by atoms with Gasteiger partial charge in [0, 0.05) is 43.5 Å². The van der Waals surface area contributed by atoms with Crippen molar-refractivity contribution < 1.29 is 8.42 Å². The maximum absolute atomic E-state index is 11.4. The molecule has 0 saturated heterocycles. The molecule has 0 radical (unpaired) electrons. The molecule has 0 bridgehead atoms. The highest BCUT2D eigenvalue weighted by atomic mass is 32.2. The Hall–Kier alpha value is -3.84. The predicted molar refractivity (Wildman–Crippen MR) is 140 cm³/mol. The first-order valence-corrected chi connectivity index (χ1v) is 13.8. The first-order valence-electron chi connectivity index (χ1n) is 11.7. The van der Waals surface area contributed by atoms with Crippen LogP contribution in [0.4, 0.5) is 5.95 Å². The van der Waals surface area contributed by atoms with Crippen LogP contribution in [0, 0.1) is 18.3 Å². The Bertz CT molecular complexity index is 1540. The molecule has 1 aromatic carbocycles. The van der Waals surface area contributed by atoms with Gasteiger partial charge < -0.3 is 9.88 Å². The van der Waals surface area contributed by atoms with Gasteiger partial charge in [-0.05, 0) is 67.1 Å². The van der Waals surface area contributed by atoms with E-state index in [0.717, 1.165) is 51.1 Å². The van der Waals surface area contributed by atoms with E-state index < -0.39 is 9.84 Å². The van der Waals surface area contributed by atoms with Crippen LogP contribution >= 0.6 is 0 Å². The molecule has 36 heavy (non-hydrogen) atoms. The standard InChI is InChI=1S/C26H29N7O2S/c1-18-13-23-22(14-19(18)5-4-9-27)20(15-24(32-23)25-16-28-17-33(25)2)6-7-21-8-10-29-26(31-21)30-11-12-36(3,34)35/h8,10,13-17H,4-7,11-12H2,1-3H3,(H,29,30,31). The number of aryl methyl sites for hydroxylation is 5. The van der Waals surface area contributed by atoms with Crippen LogP contribution in [0.15, 0.2) is 43.0 Å². The van der Waals surface area contributed by atoms with E-state index in [4.69, 9.17) is 10.2 Å². The summed E-state index contributed by atoms with van der Waals surface area (Å²) in [5.41, 5.74) is 6.97. The molecule has 0 unspecified atom stereocenters. The van der Waals surface area contributed by atoms with E-state index in [-0.39, 0.29) is 12.3 Å². The molecular formula is C26H29N7O2S. The molecule has 0 amide bonds. The number of nitrogens with zero attached hydrogens (tertiary/aromatic N) is 6. The molecule has 3 aromatic heterocycles. The highest BCUT2D eigenvalue weighted by Gasteiger charge is 2.13. The Morgan fingerprint density at radius 1 is 1.11 bits per heavy atom. The zero-order valence-electron chi connectivity index (χ0n) is 20.7. The van der Waals surface area contributed by atoms with Crippen LogP contribution in [0.5, 0.6) is 0 Å². The van der Waals surface area contributed by atoms with Crippen molar-refractivity contribution in [1.29, 1.82) is 5.26 Å². The molecule has 0 atom stereocenters. The Balaban J connectivity index is 1.65. The molecule has 0 aliphatic heterocycles. The maximum atomic E-state index is 11.4. The van der Waals surface area contributed by atoms with E-state index in [9.17, 15) is 8.42 Å². The van der Waals surface area contributed by atoms with Crippen LogP contribution in [0.3, 0.4) is 0 Å². The minimum atomic E-state index is -3.06. The fourth-order valence-corrected chi connectivity index (χ4v) is 4.60. The molecule has 0 aliphatic rings. The maximum Gasteiger partial charge on any atom is 0.222 e. The minimum absolute atomic E-state index is 0.0218. The van der Waals surface area contributed by atoms with Gasteiger partial charge in [-0.1, -0.05) is 0 Å². The number of imidazole rings is 1. The van der Waals surface area contributed by atoms with Crippen molar-refractivity contribution in [3.63, 3.8) is 0 Å². The summed E-state index contributed by atoms with van der Waals surface area (Å²) in [5.74, 6) is 0.439. The summed E-state index contributed by atoms with van der Waals surface area (Å²) in [7, 11) is -1.11. The Morgan fingerprint density at radius 2 is 1.94 bits per heavy atom. The number of fused-ring (bicyclic) bond motifs is 1. The smallest absolute Gasteiger partial charge is 0.222 e. The van der Waals surface area contributed by atoms with Crippen LogP contribution in [0.1, 0.15) is 28.8 Å². The van der Waals surface area contributed by atoms with Crippen molar-refractivity contribution in [1.82, 2.24) is 24.5 Å². The van der Waals surface area contributed by atoms with Gasteiger partial charge in [0.1, 0.15) is 9.84 Å². The fraction of sp³-hybridized carbons (Fsp3) is 0.346. The molecule has 4 rings (SSSR count). The SMILES string of the molecule is Cc1cc2nc(-c3cncn3C)cc(CCc3ccnc(NCCS(C)(=O)=O)n3)c2cc1CCC#N. The van der Waals surface area contributed by atoms with E-state index in [1.54, 1.807) is 12.5 Å². The molecule has 0 aliphatic carbocycles. The van der Waals surface area contributed by atoms with Crippen molar-refractivity contribution in [2.45, 2.75) is 32.6 Å². The second-order valence-electron chi connectivity index (χ2n) is 8.94. The third-order valence-corrected chi connectivity index (χ3v) is 7.00. The first kappa shape index (κ1) is 25.3. The van der Waals surface area contributed by atoms with Gasteiger partial charge >= 0.3 is 0 Å². The summed E-state index contributed by atoms with van der Waals surface area (Å²) in [6.07, 6.45) is 9.03. The molecule has 10 heteroatoms. The lowest BCUT2D eigenvalue weighted by molar-refractivity contribution is 0.602. The number of anilines is 1. The zero-order chi connectivity index (χ0) is 25.7. The Labute approximate surface area is 211 Å². The number of nitriles is 1. The number of rotatable bonds is 10. The molecular weight excluding hydrogens is 474 g/mol. The van der Waals surface area contributed by atoms with Crippen molar-refractivity contribution in [2.24, 2.45) is 7.05 Å². The monoisotopic (exact) mass is 503 g/mol. The van der Waals surface area contributed by atoms with E-state index in [1.165, 1.54) is 6.26 Å². The number of sulfone groups is 1. The summed E-state index contributed by atoms with van der Waals surface area (Å²) in [5, 5.41) is 13.1. The quantitative estimate of drug-likeness (QED) is 0.349. The third-order valence-electron chi connectivity index (χ3n) is 6.06. The van der Waals surface area contributed by atoms with Crippen LogP contribution < -0.4 is 5.32 Å². The van der Waals surface area contributed by atoms with Crippen molar-refractivity contribution in [3.8, 4) is 17.5 Å². The van der Waals surface area contributed by atoms with Crippen LogP contribution in [-0.2, 0) is 36.1 Å². The third kappa shape index (κ3) is 6.23. The van der Waals surface area contributed by atoms with Crippen LogP contribution in [0.25, 0.3) is 22.3 Å². The van der Waals surface area contributed by atoms with E-state index in [2.05, 4.69) is 51.5 Å². The lowest BCUT2D eigenvalue weighted by Gasteiger charge is -2.13. The lowest BCUT2D eigenvalue weighted by atomic mass is 9.95. The van der Waals surface area contributed by atoms with Gasteiger partial charge in [0.15, 0.2) is 0 Å². The first-order chi connectivity index (χ1) is 17.2. The molecule has 0 fully saturated rings. The number of hydrogen-bond donors (Lipinski definition) is 1. The highest BCUT2D eigenvalue weighted by molar-refractivity contribution is 7.90. The normalized spacial score (nSPS) is 11.5. The van der Waals surface area contributed by atoms with Gasteiger partial charge in [0.25, 0.3) is 0 Å². The van der Waals surface area contributed by atoms with Gasteiger partial charge in [0.05, 0.1) is 41.3 Å². The van der Waals surface area contributed by atoms with Crippen LogP contribution in [-0.4, -0.2) is 51.5 Å². The predicted octanol–water partition coefficient (Wildman–Crippen LogP) is 3.43. The van der Waals surface area contributed by atoms with Gasteiger partial charge in [0.2, 0.25) is 5.95 Å². The number of nitrogens with one attached hydrogen (secondary N) is 1. The van der Waals surface area contributed by atoms with Gasteiger partial charge in [-0.2, -0.15) is 5.26 Å². The van der Waals surface area contributed by atoms with Crippen molar-refractivity contribution in [2.75, 3.05) is 23.9 Å². The molecule has 3 heterocycles. The summed E-state index contributed by atoms with van der Waals surface area (Å²) in [6, 6.07) is 10.5. The Kier molecular flexibility index (Phi) is 7.60. The number of aromatic nitrogens is 5. The summed E-state index contributed by atoms with van der Waals surface area (Å²) < 4.78 is 24.7. The van der Waals surface area contributed by atoms with Gasteiger partial charge in [-0.25, -0.2) is 28.4 Å². The van der Waals surface area contributed by atoms with Gasteiger partial charge in [-0.3, -0.25) is 0 Å². The van der Waals surface area contributed by atoms with E-state index >= 15 is 0 Å². The molecule has 9 nitrogen and oxygen atoms in total. The second-order valence-corrected chi connectivity index (χ2v) is 11.2. The average molecular weight is 504 g/mol. The van der Waals surface area contributed by atoms with Crippen LogP contribution in [0.2, 0.25) is 0 Å². The lowest BCUT2D eigenvalue weighted by Crippen LogP contribution is -2.15. The highest BCUT2D eigenvalue weighted by Crippen LogP contribution is 2.28. The second kappa shape index (κ2) is 10.8. The topological polar surface area (TPSA) is 126 Å². The summed E-state index contributed by atoms with van der Waals surface area (Å²) in [4.78, 5) is 18.0. The summed E-state index contributed by atoms with van der Waals surface area (Å²) in [6.45, 7) is 2.32. The van der Waals surface area contributed by atoms with Crippen molar-refractivity contribution >= 4 is 26.7 Å². The Morgan fingerprint density at radius 3 is 2.67 bits per heavy atom. The number of benzene rings is 1. The minimum Gasteiger partial charge on any atom is -0.353 e. The number of hydrogen-bond acceptors (Lipinski definition) is 8. The van der Waals surface area contributed by atoms with E-state index in [1.807, 2.05) is 23.9 Å². The van der Waals surface area contributed by atoms with E-state index in [0.29, 0.717) is 25.2 Å². The number of pyridine rings is 1. The fourth-order valence-electron chi connectivity index (χ4n) is 4.13. The zero-order valence-corrected chi connectivity index (χ0v) is 21.5. The molecule has 0 spiro atoms. The molecule has 186 valence electrons. The average Bonchev–Trinajstić information content (AvgIpc) is 3.26. The molecule has 4 aromatic rings.